The van der Waals surface area contributed by atoms with E-state index in [1.807, 2.05) is 36.4 Å². The highest BCUT2D eigenvalue weighted by molar-refractivity contribution is 5.94. The minimum absolute atomic E-state index is 0.122. The smallest absolute Gasteiger partial charge is 0.308 e. The van der Waals surface area contributed by atoms with Gasteiger partial charge in [0.05, 0.1) is 17.1 Å². The summed E-state index contributed by atoms with van der Waals surface area (Å²) in [7, 11) is 0. The molecular weight excluding hydrogens is 574 g/mol. The number of carboxylic acids is 1. The van der Waals surface area contributed by atoms with Gasteiger partial charge in [-0.25, -0.2) is 18.7 Å². The van der Waals surface area contributed by atoms with E-state index in [0.717, 1.165) is 54.4 Å². The van der Waals surface area contributed by atoms with E-state index in [1.54, 1.807) is 6.20 Å². The summed E-state index contributed by atoms with van der Waals surface area (Å²) in [6.45, 7) is 2.13. The van der Waals surface area contributed by atoms with Gasteiger partial charge in [0.1, 0.15) is 29.0 Å². The van der Waals surface area contributed by atoms with Crippen molar-refractivity contribution in [2.45, 2.75) is 45.1 Å². The van der Waals surface area contributed by atoms with Crippen LogP contribution in [0.25, 0.3) is 33.9 Å². The number of fused-ring (bicyclic) bond motifs is 6. The normalized spacial score (nSPS) is 26.7. The second-order valence-electron chi connectivity index (χ2n) is 12.9. The van der Waals surface area contributed by atoms with Crippen molar-refractivity contribution in [3.05, 3.63) is 95.5 Å². The van der Waals surface area contributed by atoms with Crippen LogP contribution in [0.3, 0.4) is 0 Å². The highest BCUT2D eigenvalue weighted by Gasteiger charge is 2.47. The topological polar surface area (TPSA) is 100 Å². The van der Waals surface area contributed by atoms with Gasteiger partial charge in [-0.2, -0.15) is 0 Å². The van der Waals surface area contributed by atoms with E-state index in [2.05, 4.69) is 35.5 Å². The van der Waals surface area contributed by atoms with Crippen LogP contribution in [0.2, 0.25) is 0 Å². The van der Waals surface area contributed by atoms with Gasteiger partial charge in [-0.1, -0.05) is 36.4 Å². The number of aliphatic carboxylic acids is 1. The van der Waals surface area contributed by atoms with Gasteiger partial charge in [0.25, 0.3) is 0 Å². The second kappa shape index (κ2) is 10.4. The van der Waals surface area contributed by atoms with E-state index >= 15 is 0 Å². The summed E-state index contributed by atoms with van der Waals surface area (Å²) < 4.78 is 35.5. The lowest BCUT2D eigenvalue weighted by molar-refractivity contribution is -0.148. The molecule has 3 saturated carbocycles. The fourth-order valence-corrected chi connectivity index (χ4v) is 7.68. The van der Waals surface area contributed by atoms with Crippen LogP contribution < -0.4 is 10.1 Å². The predicted octanol–water partition coefficient (Wildman–Crippen LogP) is 7.99. The van der Waals surface area contributed by atoms with Crippen molar-refractivity contribution in [2.24, 2.45) is 23.2 Å². The molecule has 0 radical (unpaired) electrons. The minimum Gasteiger partial charge on any atom is -0.481 e. The van der Waals surface area contributed by atoms with E-state index in [0.29, 0.717) is 28.9 Å². The Hall–Kier alpha value is -4.79. The summed E-state index contributed by atoms with van der Waals surface area (Å²) in [5, 5.41) is 14.0. The number of hydrogen-bond donors (Lipinski definition) is 3. The zero-order chi connectivity index (χ0) is 30.9. The van der Waals surface area contributed by atoms with Crippen molar-refractivity contribution in [3.8, 4) is 17.1 Å². The molecule has 5 aliphatic rings. The van der Waals surface area contributed by atoms with E-state index in [1.165, 1.54) is 6.07 Å². The van der Waals surface area contributed by atoms with Crippen LogP contribution in [0.4, 0.5) is 14.6 Å². The predicted molar refractivity (Wildman–Crippen MR) is 168 cm³/mol. The molecule has 3 unspecified atom stereocenters. The molecule has 3 heterocycles. The summed E-state index contributed by atoms with van der Waals surface area (Å²) in [5.74, 6) is -0.0663. The van der Waals surface area contributed by atoms with Crippen LogP contribution in [0, 0.1) is 34.8 Å². The Morgan fingerprint density at radius 1 is 1.09 bits per heavy atom. The third kappa shape index (κ3) is 4.72. The number of H-pyrrole nitrogens is 1. The SMILES string of the molecule is CC12C=Cc3ccccc3OC1=CC(c1cc(NC3C4CCC(CC4)C3C(=O)O)nc(-c3c[nH]c4c(F)cc(F)cc34)n1)=CC2. The number of allylic oxidation sites excluding steroid dienone is 4. The Kier molecular flexibility index (Phi) is 6.41. The summed E-state index contributed by atoms with van der Waals surface area (Å²) in [4.78, 5) is 25.1. The van der Waals surface area contributed by atoms with Crippen molar-refractivity contribution < 1.29 is 23.4 Å². The van der Waals surface area contributed by atoms with Crippen molar-refractivity contribution in [1.82, 2.24) is 15.0 Å². The molecule has 4 aromatic rings. The molecule has 2 aromatic heterocycles. The van der Waals surface area contributed by atoms with Gasteiger partial charge in [0.15, 0.2) is 5.82 Å². The molecule has 7 nitrogen and oxygen atoms in total. The maximum absolute atomic E-state index is 14.7. The lowest BCUT2D eigenvalue weighted by Gasteiger charge is -2.47. The number of ether oxygens (including phenoxy) is 1. The molecule has 2 bridgehead atoms. The molecule has 0 spiro atoms. The van der Waals surface area contributed by atoms with Gasteiger partial charge in [-0.15, -0.1) is 0 Å². The molecule has 1 aliphatic heterocycles. The molecular formula is C36H32F2N4O3. The van der Waals surface area contributed by atoms with E-state index in [9.17, 15) is 18.7 Å². The molecule has 9 heteroatoms. The number of aromatic nitrogens is 3. The fraction of sp³-hybridized carbons (Fsp3) is 0.306. The number of halogens is 2. The first-order valence-corrected chi connectivity index (χ1v) is 15.5. The average Bonchev–Trinajstić information content (AvgIpc) is 3.39. The van der Waals surface area contributed by atoms with Gasteiger partial charge < -0.3 is 20.1 Å². The molecule has 9 rings (SSSR count). The van der Waals surface area contributed by atoms with Crippen LogP contribution in [0.15, 0.2) is 72.6 Å². The number of nitrogens with one attached hydrogen (secondary N) is 2. The number of rotatable bonds is 5. The van der Waals surface area contributed by atoms with Gasteiger partial charge in [0, 0.05) is 46.3 Å². The molecule has 3 N–H and O–H groups in total. The monoisotopic (exact) mass is 606 g/mol. The van der Waals surface area contributed by atoms with Crippen molar-refractivity contribution in [2.75, 3.05) is 5.32 Å². The number of hydrogen-bond acceptors (Lipinski definition) is 5. The molecule has 0 amide bonds. The van der Waals surface area contributed by atoms with E-state index in [-0.39, 0.29) is 34.6 Å². The molecule has 4 aliphatic carbocycles. The Bertz CT molecular complexity index is 1950. The van der Waals surface area contributed by atoms with Crippen LogP contribution in [-0.2, 0) is 4.79 Å². The standard InChI is InChI=1S/C36H32F2N4O3/c1-36-12-10-19-4-2-3-5-28(19)45-29(36)14-22(11-13-36)27-17-30(41-32-21-8-6-20(7-9-21)31(32)35(43)44)42-34(40-27)25-18-39-33-24(25)15-23(37)16-26(33)38/h2-5,10-12,14-18,20-21,31-32,39H,6-9,13H2,1H3,(H,43,44)(H,40,41,42). The third-order valence-corrected chi connectivity index (χ3v) is 10.2. The van der Waals surface area contributed by atoms with Crippen LogP contribution in [0.5, 0.6) is 5.75 Å². The van der Waals surface area contributed by atoms with Crippen molar-refractivity contribution in [3.63, 3.8) is 0 Å². The van der Waals surface area contributed by atoms with Crippen LogP contribution in [-0.4, -0.2) is 32.1 Å². The number of anilines is 1. The lowest BCUT2D eigenvalue weighted by Crippen LogP contribution is -2.51. The van der Waals surface area contributed by atoms with Crippen molar-refractivity contribution in [1.29, 1.82) is 0 Å². The van der Waals surface area contributed by atoms with Gasteiger partial charge in [-0.3, -0.25) is 4.79 Å². The zero-order valence-corrected chi connectivity index (χ0v) is 24.7. The highest BCUT2D eigenvalue weighted by atomic mass is 19.1. The maximum atomic E-state index is 14.7. The number of benzene rings is 2. The first-order valence-electron chi connectivity index (χ1n) is 15.5. The van der Waals surface area contributed by atoms with E-state index < -0.39 is 23.5 Å². The number of nitrogens with zero attached hydrogens (tertiary/aromatic N) is 2. The van der Waals surface area contributed by atoms with Gasteiger partial charge >= 0.3 is 5.97 Å². The second-order valence-corrected chi connectivity index (χ2v) is 12.9. The Balaban J connectivity index is 1.24. The Morgan fingerprint density at radius 3 is 2.71 bits per heavy atom. The van der Waals surface area contributed by atoms with Crippen LogP contribution >= 0.6 is 0 Å². The molecule has 2 aromatic carbocycles. The average molecular weight is 607 g/mol. The number of aromatic amines is 1. The van der Waals surface area contributed by atoms with Gasteiger partial charge in [-0.05, 0) is 74.6 Å². The Labute approximate surface area is 258 Å². The summed E-state index contributed by atoms with van der Waals surface area (Å²) in [6, 6.07) is 11.6. The largest absolute Gasteiger partial charge is 0.481 e. The molecule has 45 heavy (non-hydrogen) atoms. The highest BCUT2D eigenvalue weighted by Crippen LogP contribution is 2.47. The van der Waals surface area contributed by atoms with Crippen LogP contribution in [0.1, 0.15) is 50.3 Å². The third-order valence-electron chi connectivity index (χ3n) is 10.2. The molecule has 0 saturated heterocycles. The quantitative estimate of drug-likeness (QED) is 0.213. The number of carboxylic acid groups (broad SMARTS) is 1. The molecule has 3 fully saturated rings. The van der Waals surface area contributed by atoms with Gasteiger partial charge in [0.2, 0.25) is 0 Å². The zero-order valence-electron chi connectivity index (χ0n) is 24.7. The summed E-state index contributed by atoms with van der Waals surface area (Å²) in [6.07, 6.45) is 14.4. The fourth-order valence-electron chi connectivity index (χ4n) is 7.68. The summed E-state index contributed by atoms with van der Waals surface area (Å²) >= 11 is 0. The number of carbonyl (C=O) groups is 1. The summed E-state index contributed by atoms with van der Waals surface area (Å²) in [5.41, 5.74) is 2.67. The molecule has 3 atom stereocenters. The van der Waals surface area contributed by atoms with E-state index in [4.69, 9.17) is 14.7 Å². The number of para-hydroxylation sites is 1. The first kappa shape index (κ1) is 27.7. The van der Waals surface area contributed by atoms with Crippen molar-refractivity contribution >= 4 is 34.3 Å². The maximum Gasteiger partial charge on any atom is 0.308 e. The lowest BCUT2D eigenvalue weighted by atomic mass is 9.61. The molecule has 228 valence electrons. The first-order chi connectivity index (χ1) is 21.8. The minimum atomic E-state index is -0.795. The Morgan fingerprint density at radius 2 is 1.89 bits per heavy atom.